The Bertz CT molecular complexity index is 943. The zero-order valence-corrected chi connectivity index (χ0v) is 20.2. The first-order valence-electron chi connectivity index (χ1n) is 11.1. The molecule has 0 bridgehead atoms. The molecule has 0 radical (unpaired) electrons. The quantitative estimate of drug-likeness (QED) is 0.407. The summed E-state index contributed by atoms with van der Waals surface area (Å²) < 4.78 is 10.7. The van der Waals surface area contributed by atoms with Gasteiger partial charge in [0.15, 0.2) is 5.11 Å². The van der Waals surface area contributed by atoms with Crippen LogP contribution in [0.4, 0.5) is 0 Å². The van der Waals surface area contributed by atoms with Gasteiger partial charge in [-0.3, -0.25) is 9.69 Å². The molecule has 2 aromatic rings. The molecule has 0 amide bonds. The minimum absolute atomic E-state index is 0.0902. The van der Waals surface area contributed by atoms with Crippen LogP contribution in [0.2, 0.25) is 0 Å². The van der Waals surface area contributed by atoms with Gasteiger partial charge in [0.25, 0.3) is 5.56 Å². The predicted octanol–water partition coefficient (Wildman–Crippen LogP) is 1.50. The summed E-state index contributed by atoms with van der Waals surface area (Å²) in [6, 6.07) is 7.57. The Morgan fingerprint density at radius 2 is 2.03 bits per heavy atom. The van der Waals surface area contributed by atoms with Gasteiger partial charge >= 0.3 is 0 Å². The maximum atomic E-state index is 12.7. The number of aromatic nitrogens is 1. The van der Waals surface area contributed by atoms with Gasteiger partial charge in [0, 0.05) is 49.2 Å². The van der Waals surface area contributed by atoms with Crippen LogP contribution in [0, 0.1) is 0 Å². The lowest BCUT2D eigenvalue weighted by molar-refractivity contribution is 0.0376. The first-order valence-corrected chi connectivity index (χ1v) is 11.5. The highest BCUT2D eigenvalue weighted by molar-refractivity contribution is 7.80. The summed E-state index contributed by atoms with van der Waals surface area (Å²) in [6.45, 7) is 7.48. The fraction of sp³-hybridized carbons (Fsp3) is 0.565. The van der Waals surface area contributed by atoms with Crippen LogP contribution in [0.5, 0.6) is 5.75 Å². The standard InChI is InChI=1S/C23H35N5O3S/c1-26(2)9-10-28(23(32)24-7-4-8-27-11-13-31-14-12-27)17-19-15-18-16-20(30-3)5-6-21(18)25-22(19)29/h5-6,15-16H,4,7-14,17H2,1-3H3,(H,24,32)(H,25,29). The summed E-state index contributed by atoms with van der Waals surface area (Å²) >= 11 is 5.71. The van der Waals surface area contributed by atoms with E-state index in [9.17, 15) is 4.79 Å². The number of aromatic amines is 1. The van der Waals surface area contributed by atoms with Gasteiger partial charge in [-0.15, -0.1) is 0 Å². The van der Waals surface area contributed by atoms with Gasteiger partial charge in [0.05, 0.1) is 26.9 Å². The lowest BCUT2D eigenvalue weighted by atomic mass is 10.1. The maximum Gasteiger partial charge on any atom is 0.253 e. The van der Waals surface area contributed by atoms with Crippen molar-refractivity contribution in [3.63, 3.8) is 0 Å². The number of likely N-dealkylation sites (N-methyl/N-ethyl adjacent to an activating group) is 1. The Labute approximate surface area is 195 Å². The number of nitrogens with one attached hydrogen (secondary N) is 2. The van der Waals surface area contributed by atoms with Crippen molar-refractivity contribution >= 4 is 28.2 Å². The molecule has 8 nitrogen and oxygen atoms in total. The molecule has 176 valence electrons. The van der Waals surface area contributed by atoms with E-state index in [1.165, 1.54) is 0 Å². The average molecular weight is 462 g/mol. The van der Waals surface area contributed by atoms with E-state index in [1.807, 2.05) is 38.4 Å². The molecule has 3 rings (SSSR count). The highest BCUT2D eigenvalue weighted by Gasteiger charge is 2.15. The molecule has 9 heteroatoms. The lowest BCUT2D eigenvalue weighted by Crippen LogP contribution is -2.44. The van der Waals surface area contributed by atoms with Crippen molar-refractivity contribution in [3.8, 4) is 5.75 Å². The number of morpholine rings is 1. The van der Waals surface area contributed by atoms with Crippen LogP contribution in [0.25, 0.3) is 10.9 Å². The van der Waals surface area contributed by atoms with E-state index in [4.69, 9.17) is 21.7 Å². The van der Waals surface area contributed by atoms with Gasteiger partial charge in [-0.25, -0.2) is 0 Å². The van der Waals surface area contributed by atoms with E-state index in [-0.39, 0.29) is 5.56 Å². The molecule has 1 aliphatic rings. The lowest BCUT2D eigenvalue weighted by Gasteiger charge is -2.28. The summed E-state index contributed by atoms with van der Waals surface area (Å²) in [7, 11) is 5.71. The molecule has 1 fully saturated rings. The molecule has 1 saturated heterocycles. The number of H-pyrrole nitrogens is 1. The smallest absolute Gasteiger partial charge is 0.253 e. The molecule has 0 spiro atoms. The van der Waals surface area contributed by atoms with Crippen molar-refractivity contribution in [2.75, 3.05) is 73.7 Å². The topological polar surface area (TPSA) is 73.1 Å². The van der Waals surface area contributed by atoms with Crippen molar-refractivity contribution in [3.05, 3.63) is 40.2 Å². The number of rotatable bonds is 10. The van der Waals surface area contributed by atoms with Crippen molar-refractivity contribution in [1.82, 2.24) is 25.0 Å². The fourth-order valence-corrected chi connectivity index (χ4v) is 3.95. The molecule has 0 atom stereocenters. The van der Waals surface area contributed by atoms with Gasteiger partial charge in [0.1, 0.15) is 5.75 Å². The van der Waals surface area contributed by atoms with Crippen LogP contribution >= 0.6 is 12.2 Å². The van der Waals surface area contributed by atoms with Crippen molar-refractivity contribution < 1.29 is 9.47 Å². The first-order chi connectivity index (χ1) is 15.5. The molecule has 1 aromatic heterocycles. The van der Waals surface area contributed by atoms with E-state index in [1.54, 1.807) is 7.11 Å². The Kier molecular flexibility index (Phi) is 9.28. The van der Waals surface area contributed by atoms with Gasteiger partial charge in [0.2, 0.25) is 0 Å². The molecule has 1 aromatic carbocycles. The summed E-state index contributed by atoms with van der Waals surface area (Å²) in [5.74, 6) is 0.761. The third-order valence-electron chi connectivity index (χ3n) is 5.62. The molecule has 1 aliphatic heterocycles. The number of thiocarbonyl (C=S) groups is 1. The third kappa shape index (κ3) is 7.16. The van der Waals surface area contributed by atoms with Crippen LogP contribution in [-0.2, 0) is 11.3 Å². The zero-order valence-electron chi connectivity index (χ0n) is 19.4. The first kappa shape index (κ1) is 24.4. The monoisotopic (exact) mass is 461 g/mol. The normalized spacial score (nSPS) is 14.6. The fourth-order valence-electron chi connectivity index (χ4n) is 3.69. The molecule has 2 heterocycles. The molecule has 0 unspecified atom stereocenters. The SMILES string of the molecule is COc1ccc2[nH]c(=O)c(CN(CCN(C)C)C(=S)NCCCN3CCOCC3)cc2c1. The Morgan fingerprint density at radius 3 is 2.75 bits per heavy atom. The number of ether oxygens (including phenoxy) is 2. The average Bonchev–Trinajstić information content (AvgIpc) is 2.79. The predicted molar refractivity (Wildman–Crippen MR) is 133 cm³/mol. The Morgan fingerprint density at radius 1 is 1.25 bits per heavy atom. The number of methoxy groups -OCH3 is 1. The number of fused-ring (bicyclic) bond motifs is 1. The van der Waals surface area contributed by atoms with Crippen LogP contribution in [-0.4, -0.2) is 98.5 Å². The molecule has 0 saturated carbocycles. The van der Waals surface area contributed by atoms with Gasteiger partial charge in [-0.05, 0) is 63.5 Å². The molecular formula is C23H35N5O3S. The van der Waals surface area contributed by atoms with Gasteiger partial charge in [-0.1, -0.05) is 0 Å². The summed E-state index contributed by atoms with van der Waals surface area (Å²) in [4.78, 5) is 22.3. The molecular weight excluding hydrogens is 426 g/mol. The number of hydrogen-bond acceptors (Lipinski definition) is 6. The van der Waals surface area contributed by atoms with Crippen LogP contribution in [0.15, 0.2) is 29.1 Å². The summed E-state index contributed by atoms with van der Waals surface area (Å²) in [5.41, 5.74) is 1.39. The minimum Gasteiger partial charge on any atom is -0.497 e. The number of hydrogen-bond donors (Lipinski definition) is 2. The molecule has 32 heavy (non-hydrogen) atoms. The highest BCUT2D eigenvalue weighted by Crippen LogP contribution is 2.19. The van der Waals surface area contributed by atoms with Gasteiger partial charge in [-0.2, -0.15) is 0 Å². The Hall–Kier alpha value is -2.20. The van der Waals surface area contributed by atoms with Crippen LogP contribution < -0.4 is 15.6 Å². The number of benzene rings is 1. The van der Waals surface area contributed by atoms with E-state index in [2.05, 4.69) is 25.0 Å². The van der Waals surface area contributed by atoms with Crippen molar-refractivity contribution in [2.24, 2.45) is 0 Å². The second-order valence-electron chi connectivity index (χ2n) is 8.34. The Balaban J connectivity index is 1.64. The van der Waals surface area contributed by atoms with E-state index < -0.39 is 0 Å². The molecule has 2 N–H and O–H groups in total. The second kappa shape index (κ2) is 12.2. The number of nitrogens with zero attached hydrogens (tertiary/aromatic N) is 3. The maximum absolute atomic E-state index is 12.7. The highest BCUT2D eigenvalue weighted by atomic mass is 32.1. The van der Waals surface area contributed by atoms with Crippen LogP contribution in [0.3, 0.4) is 0 Å². The van der Waals surface area contributed by atoms with Gasteiger partial charge < -0.3 is 29.6 Å². The van der Waals surface area contributed by atoms with Crippen LogP contribution in [0.1, 0.15) is 12.0 Å². The van der Waals surface area contributed by atoms with Crippen molar-refractivity contribution in [2.45, 2.75) is 13.0 Å². The van der Waals surface area contributed by atoms with E-state index in [0.29, 0.717) is 17.2 Å². The third-order valence-corrected chi connectivity index (χ3v) is 6.03. The number of pyridine rings is 1. The van der Waals surface area contributed by atoms with E-state index >= 15 is 0 Å². The minimum atomic E-state index is -0.0902. The summed E-state index contributed by atoms with van der Waals surface area (Å²) in [6.07, 6.45) is 1.01. The largest absolute Gasteiger partial charge is 0.497 e. The van der Waals surface area contributed by atoms with E-state index in [0.717, 1.165) is 75.6 Å². The zero-order chi connectivity index (χ0) is 22.9. The summed E-state index contributed by atoms with van der Waals surface area (Å²) in [5, 5.41) is 5.01. The second-order valence-corrected chi connectivity index (χ2v) is 8.73. The van der Waals surface area contributed by atoms with Crippen molar-refractivity contribution in [1.29, 1.82) is 0 Å². The molecule has 0 aliphatic carbocycles.